The average Bonchev–Trinajstić information content (AvgIpc) is 3.14. The second-order valence-electron chi connectivity index (χ2n) is 7.84. The van der Waals surface area contributed by atoms with Gasteiger partial charge in [0.15, 0.2) is 0 Å². The lowest BCUT2D eigenvalue weighted by molar-refractivity contribution is -0.140. The first kappa shape index (κ1) is 16.7. The highest BCUT2D eigenvalue weighted by Gasteiger charge is 2.48. The number of hydrogen-bond donors (Lipinski definition) is 1. The van der Waals surface area contributed by atoms with Crippen molar-refractivity contribution < 1.29 is 14.0 Å². The topological polar surface area (TPSA) is 97.7 Å². The number of benzene rings is 1. The lowest BCUT2D eigenvalue weighted by atomic mass is 10.0. The van der Waals surface area contributed by atoms with Crippen LogP contribution >= 0.6 is 0 Å². The summed E-state index contributed by atoms with van der Waals surface area (Å²) in [7, 11) is 0. The molecule has 1 aromatic carbocycles. The van der Waals surface area contributed by atoms with Gasteiger partial charge in [0.25, 0.3) is 0 Å². The summed E-state index contributed by atoms with van der Waals surface area (Å²) in [6.45, 7) is 1.00. The maximum Gasteiger partial charge on any atom is 0.345 e. The van der Waals surface area contributed by atoms with E-state index in [1.807, 2.05) is 30.3 Å². The molecule has 0 radical (unpaired) electrons. The van der Waals surface area contributed by atoms with E-state index in [1.165, 1.54) is 5.06 Å². The Kier molecular flexibility index (Phi) is 3.91. The molecular formula is C19H23N5O3. The monoisotopic (exact) mass is 369 g/mol. The number of carbonyl (C=O) groups excluding carboxylic acids is 1. The molecule has 2 atom stereocenters. The first-order valence-corrected chi connectivity index (χ1v) is 9.49. The molecule has 3 aliphatic rings. The number of hydrogen-bond acceptors (Lipinski definition) is 6. The van der Waals surface area contributed by atoms with E-state index < -0.39 is 0 Å². The van der Waals surface area contributed by atoms with E-state index in [2.05, 4.69) is 10.2 Å². The standard InChI is InChI=1S/C19H23N5O3/c20-19(8-9-19)10-16-21-22-17(27-16)15-7-6-14-11-23(15)18(25)24(14)26-12-13-4-2-1-3-5-13/h1-5,14-15H,6-12,20H2/t14-,15+/m1/s1. The molecule has 2 saturated heterocycles. The van der Waals surface area contributed by atoms with Crippen LogP contribution in [0.1, 0.15) is 49.1 Å². The zero-order valence-electron chi connectivity index (χ0n) is 15.1. The van der Waals surface area contributed by atoms with Crippen LogP contribution in [0, 0.1) is 0 Å². The number of rotatable bonds is 6. The maximum atomic E-state index is 12.9. The van der Waals surface area contributed by atoms with E-state index in [4.69, 9.17) is 15.0 Å². The molecule has 8 nitrogen and oxygen atoms in total. The maximum absolute atomic E-state index is 12.9. The van der Waals surface area contributed by atoms with Crippen molar-refractivity contribution in [3.05, 3.63) is 47.7 Å². The molecule has 1 aromatic heterocycles. The van der Waals surface area contributed by atoms with Crippen molar-refractivity contribution in [2.24, 2.45) is 5.73 Å². The summed E-state index contributed by atoms with van der Waals surface area (Å²) >= 11 is 0. The van der Waals surface area contributed by atoms with Crippen molar-refractivity contribution in [2.75, 3.05) is 6.54 Å². The number of hydroxylamine groups is 2. The third-order valence-electron chi connectivity index (χ3n) is 5.70. The van der Waals surface area contributed by atoms with Gasteiger partial charge >= 0.3 is 6.03 Å². The smallest absolute Gasteiger partial charge is 0.345 e. The van der Waals surface area contributed by atoms with Gasteiger partial charge in [0.1, 0.15) is 12.6 Å². The highest BCUT2D eigenvalue weighted by Crippen LogP contribution is 2.39. The summed E-state index contributed by atoms with van der Waals surface area (Å²) in [6.07, 6.45) is 4.23. The number of amides is 2. The Morgan fingerprint density at radius 1 is 1.22 bits per heavy atom. The van der Waals surface area contributed by atoms with Crippen LogP contribution in [0.3, 0.4) is 0 Å². The molecule has 142 valence electrons. The number of aromatic nitrogens is 2. The van der Waals surface area contributed by atoms with Gasteiger partial charge in [0.05, 0.1) is 6.04 Å². The van der Waals surface area contributed by atoms with Gasteiger partial charge in [0.2, 0.25) is 11.8 Å². The Balaban J connectivity index is 1.26. The minimum Gasteiger partial charge on any atom is -0.423 e. The zero-order chi connectivity index (χ0) is 18.4. The highest BCUT2D eigenvalue weighted by molar-refractivity contribution is 5.77. The first-order valence-electron chi connectivity index (χ1n) is 9.49. The van der Waals surface area contributed by atoms with Crippen LogP contribution in [0.25, 0.3) is 0 Å². The molecule has 2 aromatic rings. The van der Waals surface area contributed by atoms with Crippen molar-refractivity contribution in [3.8, 4) is 0 Å². The lowest BCUT2D eigenvalue weighted by Crippen LogP contribution is -2.34. The second-order valence-corrected chi connectivity index (χ2v) is 7.84. The van der Waals surface area contributed by atoms with Gasteiger partial charge in [-0.3, -0.25) is 4.84 Å². The van der Waals surface area contributed by atoms with Crippen molar-refractivity contribution in [2.45, 2.75) is 56.3 Å². The quantitative estimate of drug-likeness (QED) is 0.838. The van der Waals surface area contributed by atoms with Crippen LogP contribution in [0.4, 0.5) is 4.79 Å². The predicted molar refractivity (Wildman–Crippen MR) is 95.1 cm³/mol. The molecule has 8 heteroatoms. The molecule has 2 N–H and O–H groups in total. The molecule has 1 saturated carbocycles. The van der Waals surface area contributed by atoms with E-state index in [-0.39, 0.29) is 23.7 Å². The number of nitrogens with zero attached hydrogens (tertiary/aromatic N) is 4. The minimum atomic E-state index is -0.187. The normalized spacial score (nSPS) is 25.9. The van der Waals surface area contributed by atoms with Crippen molar-refractivity contribution in [1.82, 2.24) is 20.2 Å². The lowest BCUT2D eigenvalue weighted by Gasteiger charge is -2.27. The molecule has 0 unspecified atom stereocenters. The fraction of sp³-hybridized carbons (Fsp3) is 0.526. The van der Waals surface area contributed by atoms with Crippen molar-refractivity contribution >= 4 is 6.03 Å². The third-order valence-corrected chi connectivity index (χ3v) is 5.70. The summed E-state index contributed by atoms with van der Waals surface area (Å²) in [5, 5.41) is 9.85. The molecular weight excluding hydrogens is 346 g/mol. The van der Waals surface area contributed by atoms with Crippen LogP contribution in [0.2, 0.25) is 0 Å². The van der Waals surface area contributed by atoms with Crippen LogP contribution in [0.15, 0.2) is 34.7 Å². The van der Waals surface area contributed by atoms with Crippen LogP contribution < -0.4 is 5.73 Å². The number of fused-ring (bicyclic) bond motifs is 2. The number of nitrogens with two attached hydrogens (primary N) is 1. The fourth-order valence-corrected chi connectivity index (χ4v) is 3.88. The summed E-state index contributed by atoms with van der Waals surface area (Å²) in [5.41, 5.74) is 7.00. The Hall–Kier alpha value is -2.45. The molecule has 5 rings (SSSR count). The molecule has 27 heavy (non-hydrogen) atoms. The van der Waals surface area contributed by atoms with Crippen LogP contribution in [-0.4, -0.2) is 44.3 Å². The number of piperidine rings is 1. The van der Waals surface area contributed by atoms with E-state index in [9.17, 15) is 4.79 Å². The van der Waals surface area contributed by atoms with Gasteiger partial charge in [-0.1, -0.05) is 30.3 Å². The Bertz CT molecular complexity index is 835. The average molecular weight is 369 g/mol. The van der Waals surface area contributed by atoms with E-state index in [0.29, 0.717) is 31.4 Å². The molecule has 1 aliphatic carbocycles. The van der Waals surface area contributed by atoms with E-state index >= 15 is 0 Å². The van der Waals surface area contributed by atoms with Crippen molar-refractivity contribution in [3.63, 3.8) is 0 Å². The highest BCUT2D eigenvalue weighted by atomic mass is 16.7. The van der Waals surface area contributed by atoms with Gasteiger partial charge in [-0.25, -0.2) is 4.79 Å². The second kappa shape index (κ2) is 6.31. The third kappa shape index (κ3) is 3.19. The predicted octanol–water partition coefficient (Wildman–Crippen LogP) is 2.18. The summed E-state index contributed by atoms with van der Waals surface area (Å²) < 4.78 is 5.85. The minimum absolute atomic E-state index is 0.0682. The van der Waals surface area contributed by atoms with Gasteiger partial charge in [0, 0.05) is 18.5 Å². The van der Waals surface area contributed by atoms with Gasteiger partial charge in [-0.05, 0) is 31.2 Å². The summed E-state index contributed by atoms with van der Waals surface area (Å²) in [5.74, 6) is 1.07. The molecule has 3 fully saturated rings. The van der Waals surface area contributed by atoms with Crippen LogP contribution in [-0.2, 0) is 17.9 Å². The first-order chi connectivity index (χ1) is 13.1. The summed E-state index contributed by atoms with van der Waals surface area (Å²) in [4.78, 5) is 20.5. The van der Waals surface area contributed by atoms with Gasteiger partial charge < -0.3 is 15.1 Å². The van der Waals surface area contributed by atoms with E-state index in [0.717, 1.165) is 31.2 Å². The summed E-state index contributed by atoms with van der Waals surface area (Å²) in [6, 6.07) is 9.61. The largest absolute Gasteiger partial charge is 0.423 e. The SMILES string of the molecule is NC1(Cc2nnc([C@@H]3CC[C@@H]4CN3C(=O)N4OCc3ccccc3)o2)CC1. The molecule has 2 aliphatic heterocycles. The van der Waals surface area contributed by atoms with E-state index in [1.54, 1.807) is 4.90 Å². The fourth-order valence-electron chi connectivity index (χ4n) is 3.88. The van der Waals surface area contributed by atoms with Crippen molar-refractivity contribution in [1.29, 1.82) is 0 Å². The Labute approximate surface area is 157 Å². The Morgan fingerprint density at radius 2 is 2.04 bits per heavy atom. The molecule has 2 amide bonds. The molecule has 2 bridgehead atoms. The number of carbonyl (C=O) groups is 1. The zero-order valence-corrected chi connectivity index (χ0v) is 15.1. The van der Waals surface area contributed by atoms with Gasteiger partial charge in [-0.15, -0.1) is 10.2 Å². The van der Waals surface area contributed by atoms with Crippen LogP contribution in [0.5, 0.6) is 0 Å². The molecule has 3 heterocycles. The number of urea groups is 1. The molecule has 0 spiro atoms. The Morgan fingerprint density at radius 3 is 2.81 bits per heavy atom. The van der Waals surface area contributed by atoms with Gasteiger partial charge in [-0.2, -0.15) is 5.06 Å².